The minimum absolute atomic E-state index is 0.772. The molecule has 0 unspecified atom stereocenters. The van der Waals surface area contributed by atoms with Crippen LogP contribution in [0.5, 0.6) is 0 Å². The molecule has 21 heavy (non-hydrogen) atoms. The van der Waals surface area contributed by atoms with Crippen molar-refractivity contribution in [2.24, 2.45) is 0 Å². The van der Waals surface area contributed by atoms with Gasteiger partial charge in [-0.3, -0.25) is 0 Å². The first-order chi connectivity index (χ1) is 10.3. The molecule has 1 aromatic carbocycles. The zero-order valence-corrected chi connectivity index (χ0v) is 13.9. The highest BCUT2D eigenvalue weighted by molar-refractivity contribution is 7.98. The molecule has 2 heterocycles. The maximum atomic E-state index is 6.04. The van der Waals surface area contributed by atoms with Crippen molar-refractivity contribution in [2.75, 3.05) is 0 Å². The van der Waals surface area contributed by atoms with E-state index in [9.17, 15) is 0 Å². The summed E-state index contributed by atoms with van der Waals surface area (Å²) in [6, 6.07) is 12.1. The Morgan fingerprint density at radius 3 is 2.90 bits per heavy atom. The van der Waals surface area contributed by atoms with Crippen LogP contribution in [0.25, 0.3) is 10.6 Å². The van der Waals surface area contributed by atoms with Crippen LogP contribution >= 0.6 is 34.7 Å². The summed E-state index contributed by atoms with van der Waals surface area (Å²) in [4.78, 5) is 1.16. The lowest BCUT2D eigenvalue weighted by atomic mass is 10.2. The van der Waals surface area contributed by atoms with Crippen molar-refractivity contribution < 1.29 is 0 Å². The van der Waals surface area contributed by atoms with Gasteiger partial charge in [0, 0.05) is 17.3 Å². The summed E-state index contributed by atoms with van der Waals surface area (Å²) in [6.45, 7) is 2.90. The lowest BCUT2D eigenvalue weighted by Gasteiger charge is -2.06. The molecule has 0 saturated carbocycles. The number of rotatable bonds is 5. The number of aromatic nitrogens is 3. The predicted octanol–water partition coefficient (Wildman–Crippen LogP) is 4.97. The smallest absolute Gasteiger partial charge is 0.136 e. The SMILES string of the molecule is CCn1nnc(-c2cccs2)c1SCc1cccc(Cl)c1. The Hall–Kier alpha value is -1.30. The third-order valence-electron chi connectivity index (χ3n) is 3.01. The fourth-order valence-electron chi connectivity index (χ4n) is 2.00. The quantitative estimate of drug-likeness (QED) is 0.616. The van der Waals surface area contributed by atoms with E-state index < -0.39 is 0 Å². The van der Waals surface area contributed by atoms with E-state index in [4.69, 9.17) is 11.6 Å². The van der Waals surface area contributed by atoms with E-state index in [0.717, 1.165) is 32.9 Å². The van der Waals surface area contributed by atoms with Gasteiger partial charge < -0.3 is 0 Å². The van der Waals surface area contributed by atoms with Crippen LogP contribution in [0.1, 0.15) is 12.5 Å². The molecule has 0 aliphatic carbocycles. The van der Waals surface area contributed by atoms with E-state index in [0.29, 0.717) is 0 Å². The van der Waals surface area contributed by atoms with Crippen LogP contribution in [0.15, 0.2) is 46.8 Å². The Bertz CT molecular complexity index is 722. The average molecular weight is 336 g/mol. The van der Waals surface area contributed by atoms with Crippen LogP contribution in [0, 0.1) is 0 Å². The van der Waals surface area contributed by atoms with Gasteiger partial charge in [-0.1, -0.05) is 46.8 Å². The molecule has 0 bridgehead atoms. The van der Waals surface area contributed by atoms with Gasteiger partial charge in [-0.05, 0) is 36.1 Å². The van der Waals surface area contributed by atoms with Crippen molar-refractivity contribution in [2.45, 2.75) is 24.2 Å². The fraction of sp³-hybridized carbons (Fsp3) is 0.200. The standard InChI is InChI=1S/C15H14ClN3S2/c1-2-19-15(14(17-18-19)13-7-4-8-20-13)21-10-11-5-3-6-12(16)9-11/h3-9H,2,10H2,1H3. The lowest BCUT2D eigenvalue weighted by molar-refractivity contribution is 0.583. The number of benzene rings is 1. The third kappa shape index (κ3) is 3.31. The van der Waals surface area contributed by atoms with Gasteiger partial charge in [0.15, 0.2) is 0 Å². The van der Waals surface area contributed by atoms with Crippen LogP contribution < -0.4 is 0 Å². The molecule has 2 aromatic heterocycles. The minimum atomic E-state index is 0.772. The zero-order chi connectivity index (χ0) is 14.7. The van der Waals surface area contributed by atoms with E-state index >= 15 is 0 Å². The molecule has 6 heteroatoms. The predicted molar refractivity (Wildman–Crippen MR) is 90.0 cm³/mol. The van der Waals surface area contributed by atoms with Gasteiger partial charge in [0.05, 0.1) is 4.88 Å². The molecule has 0 spiro atoms. The number of nitrogens with zero attached hydrogens (tertiary/aromatic N) is 3. The first kappa shape index (κ1) is 14.6. The monoisotopic (exact) mass is 335 g/mol. The van der Waals surface area contributed by atoms with Crippen LogP contribution in [-0.4, -0.2) is 15.0 Å². The van der Waals surface area contributed by atoms with Gasteiger partial charge in [0.2, 0.25) is 0 Å². The van der Waals surface area contributed by atoms with Crippen molar-refractivity contribution >= 4 is 34.7 Å². The second kappa shape index (κ2) is 6.64. The van der Waals surface area contributed by atoms with Crippen molar-refractivity contribution in [3.63, 3.8) is 0 Å². The normalized spacial score (nSPS) is 11.0. The number of thioether (sulfide) groups is 1. The van der Waals surface area contributed by atoms with E-state index in [1.54, 1.807) is 23.1 Å². The average Bonchev–Trinajstić information content (AvgIpc) is 3.13. The summed E-state index contributed by atoms with van der Waals surface area (Å²) in [7, 11) is 0. The number of hydrogen-bond donors (Lipinski definition) is 0. The lowest BCUT2D eigenvalue weighted by Crippen LogP contribution is -1.98. The molecule has 0 fully saturated rings. The molecular formula is C15H14ClN3S2. The van der Waals surface area contributed by atoms with Gasteiger partial charge in [0.25, 0.3) is 0 Å². The Balaban J connectivity index is 1.86. The second-order valence-corrected chi connectivity index (χ2v) is 6.80. The summed E-state index contributed by atoms with van der Waals surface area (Å²) in [5, 5.41) is 12.5. The van der Waals surface area contributed by atoms with Crippen molar-refractivity contribution in [1.82, 2.24) is 15.0 Å². The Morgan fingerprint density at radius 1 is 1.29 bits per heavy atom. The van der Waals surface area contributed by atoms with Gasteiger partial charge in [-0.15, -0.1) is 16.4 Å². The van der Waals surface area contributed by atoms with E-state index in [1.807, 2.05) is 28.9 Å². The van der Waals surface area contributed by atoms with Crippen molar-refractivity contribution in [1.29, 1.82) is 0 Å². The second-order valence-electron chi connectivity index (χ2n) is 4.45. The van der Waals surface area contributed by atoms with Crippen molar-refractivity contribution in [3.8, 4) is 10.6 Å². The molecule has 0 saturated heterocycles. The van der Waals surface area contributed by atoms with Crippen LogP contribution in [0.4, 0.5) is 0 Å². The molecule has 0 amide bonds. The Labute approximate surface area is 137 Å². The summed E-state index contributed by atoms with van der Waals surface area (Å²) in [5.41, 5.74) is 2.17. The van der Waals surface area contributed by atoms with Gasteiger partial charge in [-0.25, -0.2) is 4.68 Å². The third-order valence-corrected chi connectivity index (χ3v) is 5.28. The molecule has 0 aliphatic heterocycles. The Morgan fingerprint density at radius 2 is 2.19 bits per heavy atom. The van der Waals surface area contributed by atoms with Gasteiger partial charge >= 0.3 is 0 Å². The van der Waals surface area contributed by atoms with Crippen molar-refractivity contribution in [3.05, 3.63) is 52.4 Å². The first-order valence-electron chi connectivity index (χ1n) is 6.62. The molecule has 0 N–H and O–H groups in total. The van der Waals surface area contributed by atoms with E-state index in [1.165, 1.54) is 5.56 Å². The van der Waals surface area contributed by atoms with Crippen LogP contribution in [0.3, 0.4) is 0 Å². The fourth-order valence-corrected chi connectivity index (χ4v) is 4.07. The maximum Gasteiger partial charge on any atom is 0.136 e. The molecule has 3 nitrogen and oxygen atoms in total. The minimum Gasteiger partial charge on any atom is -0.238 e. The number of hydrogen-bond acceptors (Lipinski definition) is 4. The van der Waals surface area contributed by atoms with Gasteiger partial charge in [0.1, 0.15) is 10.7 Å². The molecule has 0 atom stereocenters. The van der Waals surface area contributed by atoms with Gasteiger partial charge in [-0.2, -0.15) is 0 Å². The van der Waals surface area contributed by atoms with E-state index in [-0.39, 0.29) is 0 Å². The Kier molecular flexibility index (Phi) is 4.63. The van der Waals surface area contributed by atoms with Crippen LogP contribution in [0.2, 0.25) is 5.02 Å². The molecule has 108 valence electrons. The highest BCUT2D eigenvalue weighted by Crippen LogP contribution is 2.34. The molecule has 3 aromatic rings. The highest BCUT2D eigenvalue weighted by Gasteiger charge is 2.15. The summed E-state index contributed by atoms with van der Waals surface area (Å²) in [5.74, 6) is 0.853. The maximum absolute atomic E-state index is 6.04. The molecule has 0 aliphatic rings. The van der Waals surface area contributed by atoms with E-state index in [2.05, 4.69) is 34.7 Å². The first-order valence-corrected chi connectivity index (χ1v) is 8.87. The summed E-state index contributed by atoms with van der Waals surface area (Å²) >= 11 is 9.48. The zero-order valence-electron chi connectivity index (χ0n) is 11.5. The number of thiophene rings is 1. The largest absolute Gasteiger partial charge is 0.238 e. The topological polar surface area (TPSA) is 30.7 Å². The molecule has 3 rings (SSSR count). The summed E-state index contributed by atoms with van der Waals surface area (Å²) < 4.78 is 1.95. The molecule has 0 radical (unpaired) electrons. The number of aryl methyl sites for hydroxylation is 1. The summed E-state index contributed by atoms with van der Waals surface area (Å²) in [6.07, 6.45) is 0. The van der Waals surface area contributed by atoms with Crippen LogP contribution in [-0.2, 0) is 12.3 Å². The molecular weight excluding hydrogens is 322 g/mol. The number of halogens is 1. The highest BCUT2D eigenvalue weighted by atomic mass is 35.5.